The number of carbonyl (C=O) groups excluding carboxylic acids is 2. The van der Waals surface area contributed by atoms with Crippen molar-refractivity contribution in [3.8, 4) is 0 Å². The first-order valence-electron chi connectivity index (χ1n) is 8.55. The van der Waals surface area contributed by atoms with Gasteiger partial charge >= 0.3 is 5.97 Å². The van der Waals surface area contributed by atoms with Crippen LogP contribution in [0.3, 0.4) is 0 Å². The SMILES string of the molecule is CCCCCC[C@H](CC(C)=O)[C@]1(c2ccccc2)C=CC(=O)O1. The number of carbonyl (C=O) groups is 2. The molecule has 0 fully saturated rings. The van der Waals surface area contributed by atoms with Crippen LogP contribution in [-0.4, -0.2) is 11.8 Å². The zero-order valence-electron chi connectivity index (χ0n) is 14.1. The highest BCUT2D eigenvalue weighted by Crippen LogP contribution is 2.43. The lowest BCUT2D eigenvalue weighted by molar-refractivity contribution is -0.152. The molecule has 0 amide bonds. The van der Waals surface area contributed by atoms with Gasteiger partial charge in [0.2, 0.25) is 0 Å². The summed E-state index contributed by atoms with van der Waals surface area (Å²) in [7, 11) is 0. The third-order valence-corrected chi connectivity index (χ3v) is 4.51. The van der Waals surface area contributed by atoms with E-state index in [1.165, 1.54) is 18.9 Å². The van der Waals surface area contributed by atoms with Crippen molar-refractivity contribution in [1.82, 2.24) is 0 Å². The molecular weight excluding hydrogens is 288 g/mol. The standard InChI is InChI=1S/C20H26O3/c1-3-4-5-7-12-18(15-16(2)21)20(14-13-19(22)23-20)17-10-8-6-9-11-17/h6,8-11,13-14,18H,3-5,7,12,15H2,1-2H3/t18-,20-/m1/s1. The largest absolute Gasteiger partial charge is 0.446 e. The number of ketones is 1. The summed E-state index contributed by atoms with van der Waals surface area (Å²) in [6.45, 7) is 3.79. The number of hydrogen-bond donors (Lipinski definition) is 0. The van der Waals surface area contributed by atoms with E-state index >= 15 is 0 Å². The van der Waals surface area contributed by atoms with Crippen LogP contribution < -0.4 is 0 Å². The first-order valence-corrected chi connectivity index (χ1v) is 8.55. The number of esters is 1. The fourth-order valence-electron chi connectivity index (χ4n) is 3.37. The number of benzene rings is 1. The van der Waals surface area contributed by atoms with Gasteiger partial charge in [-0.2, -0.15) is 0 Å². The topological polar surface area (TPSA) is 43.4 Å². The van der Waals surface area contributed by atoms with E-state index in [9.17, 15) is 9.59 Å². The molecule has 23 heavy (non-hydrogen) atoms. The van der Waals surface area contributed by atoms with E-state index in [1.807, 2.05) is 36.4 Å². The van der Waals surface area contributed by atoms with E-state index in [2.05, 4.69) is 6.92 Å². The van der Waals surface area contributed by atoms with E-state index in [1.54, 1.807) is 6.92 Å². The van der Waals surface area contributed by atoms with Crippen LogP contribution in [0, 0.1) is 5.92 Å². The van der Waals surface area contributed by atoms with Crippen molar-refractivity contribution in [2.24, 2.45) is 5.92 Å². The Kier molecular flexibility index (Phi) is 6.14. The molecule has 0 saturated heterocycles. The van der Waals surface area contributed by atoms with Crippen LogP contribution >= 0.6 is 0 Å². The van der Waals surface area contributed by atoms with Gasteiger partial charge in [-0.05, 0) is 25.0 Å². The van der Waals surface area contributed by atoms with Crippen molar-refractivity contribution in [2.75, 3.05) is 0 Å². The molecule has 0 N–H and O–H groups in total. The van der Waals surface area contributed by atoms with Gasteiger partial charge in [-0.1, -0.05) is 62.9 Å². The van der Waals surface area contributed by atoms with Crippen molar-refractivity contribution < 1.29 is 14.3 Å². The second-order valence-electron chi connectivity index (χ2n) is 6.37. The van der Waals surface area contributed by atoms with Crippen molar-refractivity contribution in [2.45, 2.75) is 58.0 Å². The lowest BCUT2D eigenvalue weighted by Crippen LogP contribution is -2.36. The average molecular weight is 314 g/mol. The fraction of sp³-hybridized carbons (Fsp3) is 0.500. The first kappa shape index (κ1) is 17.5. The fourth-order valence-corrected chi connectivity index (χ4v) is 3.37. The zero-order valence-corrected chi connectivity index (χ0v) is 14.1. The molecule has 2 atom stereocenters. The molecule has 0 aromatic heterocycles. The van der Waals surface area contributed by atoms with Crippen molar-refractivity contribution in [3.05, 3.63) is 48.0 Å². The number of ether oxygens (including phenoxy) is 1. The summed E-state index contributed by atoms with van der Waals surface area (Å²) in [4.78, 5) is 23.6. The second-order valence-corrected chi connectivity index (χ2v) is 6.37. The second kappa shape index (κ2) is 8.09. The Morgan fingerprint density at radius 3 is 2.48 bits per heavy atom. The molecule has 124 valence electrons. The van der Waals surface area contributed by atoms with E-state index in [4.69, 9.17) is 4.74 Å². The average Bonchev–Trinajstić information content (AvgIpc) is 2.94. The Hall–Kier alpha value is -1.90. The van der Waals surface area contributed by atoms with Crippen LogP contribution in [0.4, 0.5) is 0 Å². The summed E-state index contributed by atoms with van der Waals surface area (Å²) >= 11 is 0. The van der Waals surface area contributed by atoms with E-state index in [-0.39, 0.29) is 17.7 Å². The van der Waals surface area contributed by atoms with Crippen LogP contribution in [0.1, 0.15) is 57.9 Å². The van der Waals surface area contributed by atoms with Crippen LogP contribution in [-0.2, 0) is 19.9 Å². The molecule has 1 aliphatic heterocycles. The maximum Gasteiger partial charge on any atom is 0.331 e. The Labute approximate surface area is 138 Å². The first-order chi connectivity index (χ1) is 11.1. The maximum absolute atomic E-state index is 11.8. The number of Topliss-reactive ketones (excluding diaryl/α,β-unsaturated/α-hetero) is 1. The maximum atomic E-state index is 11.8. The van der Waals surface area contributed by atoms with E-state index < -0.39 is 5.60 Å². The number of hydrogen-bond acceptors (Lipinski definition) is 3. The summed E-state index contributed by atoms with van der Waals surface area (Å²) in [6, 6.07) is 9.78. The molecule has 0 aliphatic carbocycles. The highest BCUT2D eigenvalue weighted by Gasteiger charge is 2.44. The highest BCUT2D eigenvalue weighted by atomic mass is 16.6. The normalized spacial score (nSPS) is 21.2. The minimum atomic E-state index is -0.795. The van der Waals surface area contributed by atoms with Gasteiger partial charge < -0.3 is 9.53 Å². The molecule has 1 aromatic rings. The lowest BCUT2D eigenvalue weighted by atomic mass is 9.76. The number of cyclic esters (lactones) is 1. The smallest absolute Gasteiger partial charge is 0.331 e. The highest BCUT2D eigenvalue weighted by molar-refractivity contribution is 5.86. The summed E-state index contributed by atoms with van der Waals surface area (Å²) in [5.41, 5.74) is 0.153. The van der Waals surface area contributed by atoms with Gasteiger partial charge in [-0.15, -0.1) is 0 Å². The Morgan fingerprint density at radius 1 is 1.17 bits per heavy atom. The Morgan fingerprint density at radius 2 is 1.91 bits per heavy atom. The van der Waals surface area contributed by atoms with Gasteiger partial charge in [0, 0.05) is 18.4 Å². The molecule has 3 nitrogen and oxygen atoms in total. The van der Waals surface area contributed by atoms with Crippen LogP contribution in [0.5, 0.6) is 0 Å². The third kappa shape index (κ3) is 4.31. The molecular formula is C20H26O3. The Balaban J connectivity index is 2.27. The van der Waals surface area contributed by atoms with Crippen LogP contribution in [0.15, 0.2) is 42.5 Å². The number of rotatable bonds is 9. The van der Waals surface area contributed by atoms with Gasteiger partial charge in [-0.3, -0.25) is 0 Å². The van der Waals surface area contributed by atoms with Gasteiger partial charge in [0.25, 0.3) is 0 Å². The minimum absolute atomic E-state index is 0.0121. The Bertz CT molecular complexity index is 562. The predicted molar refractivity (Wildman–Crippen MR) is 90.9 cm³/mol. The molecule has 0 unspecified atom stereocenters. The van der Waals surface area contributed by atoms with E-state index in [0.717, 1.165) is 24.8 Å². The monoisotopic (exact) mass is 314 g/mol. The van der Waals surface area contributed by atoms with E-state index in [0.29, 0.717) is 6.42 Å². The molecule has 1 aromatic carbocycles. The van der Waals surface area contributed by atoms with Crippen LogP contribution in [0.2, 0.25) is 0 Å². The molecule has 0 spiro atoms. The number of unbranched alkanes of at least 4 members (excludes halogenated alkanes) is 3. The minimum Gasteiger partial charge on any atom is -0.446 e. The van der Waals surface area contributed by atoms with Gasteiger partial charge in [0.15, 0.2) is 5.60 Å². The predicted octanol–water partition coefficient (Wildman–Crippen LogP) is 4.56. The third-order valence-electron chi connectivity index (χ3n) is 4.51. The lowest BCUT2D eigenvalue weighted by Gasteiger charge is -2.35. The summed E-state index contributed by atoms with van der Waals surface area (Å²) in [5.74, 6) is -0.199. The van der Waals surface area contributed by atoms with Gasteiger partial charge in [-0.25, -0.2) is 4.79 Å². The molecule has 1 heterocycles. The molecule has 2 rings (SSSR count). The van der Waals surface area contributed by atoms with Crippen molar-refractivity contribution in [1.29, 1.82) is 0 Å². The molecule has 1 aliphatic rings. The summed E-state index contributed by atoms with van der Waals surface area (Å²) in [5, 5.41) is 0. The van der Waals surface area contributed by atoms with Crippen LogP contribution in [0.25, 0.3) is 0 Å². The molecule has 3 heteroatoms. The quantitative estimate of drug-likeness (QED) is 0.496. The summed E-state index contributed by atoms with van der Waals surface area (Å²) in [6.07, 6.45) is 9.21. The van der Waals surface area contributed by atoms with Gasteiger partial charge in [0.1, 0.15) is 5.78 Å². The van der Waals surface area contributed by atoms with Crippen molar-refractivity contribution >= 4 is 11.8 Å². The molecule has 0 bridgehead atoms. The molecule has 0 saturated carbocycles. The zero-order chi connectivity index (χ0) is 16.7. The summed E-state index contributed by atoms with van der Waals surface area (Å²) < 4.78 is 5.75. The van der Waals surface area contributed by atoms with Gasteiger partial charge in [0.05, 0.1) is 0 Å². The molecule has 0 radical (unpaired) electrons. The van der Waals surface area contributed by atoms with Crippen molar-refractivity contribution in [3.63, 3.8) is 0 Å².